The molecule has 0 saturated carbocycles. The number of nitrogens with zero attached hydrogens (tertiary/aromatic N) is 3. The first-order chi connectivity index (χ1) is 8.06. The highest BCUT2D eigenvalue weighted by molar-refractivity contribution is 5.94. The van der Waals surface area contributed by atoms with Crippen molar-refractivity contribution in [2.75, 3.05) is 7.11 Å². The van der Waals surface area contributed by atoms with Crippen LogP contribution in [0.1, 0.15) is 16.1 Å². The van der Waals surface area contributed by atoms with Gasteiger partial charge in [0.05, 0.1) is 19.0 Å². The van der Waals surface area contributed by atoms with Gasteiger partial charge in [0.1, 0.15) is 11.1 Å². The Morgan fingerprint density at radius 2 is 2.29 bits per heavy atom. The summed E-state index contributed by atoms with van der Waals surface area (Å²) in [5.41, 5.74) is 1.10. The number of methoxy groups -OCH3 is 1. The highest BCUT2D eigenvalue weighted by Gasteiger charge is 2.25. The Bertz CT molecular complexity index is 570. The molecule has 2 aromatic heterocycles. The molecule has 7 nitrogen and oxygen atoms in total. The molecule has 2 rings (SSSR count). The Labute approximate surface area is 96.6 Å². The van der Waals surface area contributed by atoms with Crippen LogP contribution in [0.15, 0.2) is 10.7 Å². The van der Waals surface area contributed by atoms with Crippen molar-refractivity contribution < 1.29 is 19.2 Å². The number of carboxylic acids is 1. The van der Waals surface area contributed by atoms with E-state index >= 15 is 0 Å². The number of ether oxygens (including phenoxy) is 1. The zero-order valence-corrected chi connectivity index (χ0v) is 9.59. The second kappa shape index (κ2) is 3.93. The zero-order chi connectivity index (χ0) is 12.6. The number of hydrogen-bond donors (Lipinski definition) is 1. The van der Waals surface area contributed by atoms with E-state index < -0.39 is 5.97 Å². The van der Waals surface area contributed by atoms with Crippen molar-refractivity contribution in [1.29, 1.82) is 0 Å². The topological polar surface area (TPSA) is 90.4 Å². The Balaban J connectivity index is 2.68. The molecule has 0 amide bonds. The molecule has 90 valence electrons. The first kappa shape index (κ1) is 11.2. The Kier molecular flexibility index (Phi) is 2.58. The monoisotopic (exact) mass is 237 g/mol. The molecule has 0 aromatic carbocycles. The Morgan fingerprint density at radius 1 is 1.59 bits per heavy atom. The maximum atomic E-state index is 11.0. The molecule has 17 heavy (non-hydrogen) atoms. The third-order valence-electron chi connectivity index (χ3n) is 2.39. The van der Waals surface area contributed by atoms with Crippen molar-refractivity contribution in [3.05, 3.63) is 17.5 Å². The number of carbonyl (C=O) groups is 1. The third-order valence-corrected chi connectivity index (χ3v) is 2.39. The van der Waals surface area contributed by atoms with Crippen molar-refractivity contribution >= 4 is 5.97 Å². The molecule has 0 aliphatic heterocycles. The number of hydrogen-bond acceptors (Lipinski definition) is 5. The van der Waals surface area contributed by atoms with Gasteiger partial charge in [-0.25, -0.2) is 9.48 Å². The largest absolute Gasteiger partial charge is 0.481 e. The van der Waals surface area contributed by atoms with Crippen LogP contribution in [0.5, 0.6) is 5.88 Å². The molecule has 0 saturated heterocycles. The van der Waals surface area contributed by atoms with Crippen molar-refractivity contribution in [2.24, 2.45) is 7.05 Å². The molecular formula is C10H11N3O4. The summed E-state index contributed by atoms with van der Waals surface area (Å²) in [6.07, 6.45) is 1.16. The van der Waals surface area contributed by atoms with E-state index in [0.717, 1.165) is 6.20 Å². The number of rotatable bonds is 3. The van der Waals surface area contributed by atoms with Gasteiger partial charge in [0, 0.05) is 7.05 Å². The van der Waals surface area contributed by atoms with Gasteiger partial charge in [-0.3, -0.25) is 0 Å². The molecule has 0 spiro atoms. The summed E-state index contributed by atoms with van der Waals surface area (Å²) in [7, 11) is 3.18. The van der Waals surface area contributed by atoms with Crippen molar-refractivity contribution in [2.45, 2.75) is 6.92 Å². The lowest BCUT2D eigenvalue weighted by atomic mass is 10.1. The minimum Gasteiger partial charge on any atom is -0.481 e. The lowest BCUT2D eigenvalue weighted by Gasteiger charge is -2.02. The minimum absolute atomic E-state index is 0.0144. The Morgan fingerprint density at radius 3 is 2.88 bits per heavy atom. The van der Waals surface area contributed by atoms with Gasteiger partial charge < -0.3 is 14.4 Å². The second-order valence-electron chi connectivity index (χ2n) is 3.47. The molecular weight excluding hydrogens is 226 g/mol. The van der Waals surface area contributed by atoms with Gasteiger partial charge in [0.2, 0.25) is 5.88 Å². The maximum Gasteiger partial charge on any atom is 0.341 e. The second-order valence-corrected chi connectivity index (χ2v) is 3.47. The molecule has 0 atom stereocenters. The summed E-state index contributed by atoms with van der Waals surface area (Å²) in [5.74, 6) is -0.520. The molecule has 0 radical (unpaired) electrons. The van der Waals surface area contributed by atoms with Gasteiger partial charge in [-0.1, -0.05) is 5.16 Å². The standard InChI is InChI=1S/C10H11N3O4/c1-5-7(9(16-3)13(2)12-5)8-6(10(14)15)4-11-17-8/h4H,1-3H3,(H,14,15). The summed E-state index contributed by atoms with van der Waals surface area (Å²) in [4.78, 5) is 11.0. The van der Waals surface area contributed by atoms with Crippen LogP contribution in [-0.4, -0.2) is 33.1 Å². The molecule has 0 aliphatic carbocycles. The van der Waals surface area contributed by atoms with E-state index in [9.17, 15) is 4.79 Å². The van der Waals surface area contributed by atoms with Crippen LogP contribution in [0.3, 0.4) is 0 Å². The average Bonchev–Trinajstić information content (AvgIpc) is 2.81. The van der Waals surface area contributed by atoms with Gasteiger partial charge in [-0.2, -0.15) is 5.10 Å². The van der Waals surface area contributed by atoms with Crippen LogP contribution in [0, 0.1) is 6.92 Å². The maximum absolute atomic E-state index is 11.0. The first-order valence-electron chi connectivity index (χ1n) is 4.82. The van der Waals surface area contributed by atoms with Crippen LogP contribution in [0.25, 0.3) is 11.3 Å². The van der Waals surface area contributed by atoms with Crippen LogP contribution in [0.2, 0.25) is 0 Å². The number of aromatic nitrogens is 3. The summed E-state index contributed by atoms with van der Waals surface area (Å²) in [6, 6.07) is 0. The van der Waals surface area contributed by atoms with Crippen LogP contribution in [0.4, 0.5) is 0 Å². The normalized spacial score (nSPS) is 10.5. The van der Waals surface area contributed by atoms with Crippen LogP contribution >= 0.6 is 0 Å². The van der Waals surface area contributed by atoms with Gasteiger partial charge in [-0.05, 0) is 6.92 Å². The SMILES string of the molecule is COc1c(-c2oncc2C(=O)O)c(C)nn1C. The summed E-state index contributed by atoms with van der Waals surface area (Å²) in [5, 5.41) is 16.7. The predicted molar refractivity (Wildman–Crippen MR) is 57.0 cm³/mol. The van der Waals surface area contributed by atoms with Gasteiger partial charge >= 0.3 is 5.97 Å². The fourth-order valence-corrected chi connectivity index (χ4v) is 1.70. The lowest BCUT2D eigenvalue weighted by Crippen LogP contribution is -1.98. The van der Waals surface area contributed by atoms with E-state index in [1.807, 2.05) is 0 Å². The summed E-state index contributed by atoms with van der Waals surface area (Å²) >= 11 is 0. The first-order valence-corrected chi connectivity index (χ1v) is 4.82. The third kappa shape index (κ3) is 1.65. The molecule has 2 aromatic rings. The van der Waals surface area contributed by atoms with E-state index in [4.69, 9.17) is 14.4 Å². The van der Waals surface area contributed by atoms with Gasteiger partial charge in [0.25, 0.3) is 0 Å². The van der Waals surface area contributed by atoms with E-state index in [0.29, 0.717) is 17.1 Å². The van der Waals surface area contributed by atoms with Gasteiger partial charge in [-0.15, -0.1) is 0 Å². The molecule has 7 heteroatoms. The number of aryl methyl sites for hydroxylation is 2. The fraction of sp³-hybridized carbons (Fsp3) is 0.300. The Hall–Kier alpha value is -2.31. The average molecular weight is 237 g/mol. The van der Waals surface area contributed by atoms with Crippen molar-refractivity contribution in [1.82, 2.24) is 14.9 Å². The highest BCUT2D eigenvalue weighted by Crippen LogP contribution is 2.34. The van der Waals surface area contributed by atoms with E-state index in [1.54, 1.807) is 14.0 Å². The number of aromatic carboxylic acids is 1. The van der Waals surface area contributed by atoms with E-state index in [2.05, 4.69) is 10.3 Å². The molecule has 0 aliphatic rings. The summed E-state index contributed by atoms with van der Waals surface area (Å²) < 4.78 is 11.7. The van der Waals surface area contributed by atoms with Crippen molar-refractivity contribution in [3.8, 4) is 17.2 Å². The molecule has 0 bridgehead atoms. The summed E-state index contributed by atoms with van der Waals surface area (Å²) in [6.45, 7) is 1.74. The lowest BCUT2D eigenvalue weighted by molar-refractivity contribution is 0.0697. The molecule has 0 fully saturated rings. The fourth-order valence-electron chi connectivity index (χ4n) is 1.70. The van der Waals surface area contributed by atoms with Crippen LogP contribution in [-0.2, 0) is 7.05 Å². The van der Waals surface area contributed by atoms with E-state index in [-0.39, 0.29) is 11.3 Å². The van der Waals surface area contributed by atoms with Crippen LogP contribution < -0.4 is 4.74 Å². The smallest absolute Gasteiger partial charge is 0.341 e. The van der Waals surface area contributed by atoms with Gasteiger partial charge in [0.15, 0.2) is 5.76 Å². The molecule has 0 unspecified atom stereocenters. The predicted octanol–water partition coefficient (Wildman–Crippen LogP) is 1.09. The molecule has 2 heterocycles. The highest BCUT2D eigenvalue weighted by atomic mass is 16.5. The zero-order valence-electron chi connectivity index (χ0n) is 9.59. The number of carboxylic acid groups (broad SMARTS) is 1. The molecule has 1 N–H and O–H groups in total. The minimum atomic E-state index is -1.11. The van der Waals surface area contributed by atoms with E-state index in [1.165, 1.54) is 11.8 Å². The quantitative estimate of drug-likeness (QED) is 0.859. The van der Waals surface area contributed by atoms with Crippen molar-refractivity contribution in [3.63, 3.8) is 0 Å².